The van der Waals surface area contributed by atoms with Gasteiger partial charge < -0.3 is 9.15 Å². The predicted molar refractivity (Wildman–Crippen MR) is 80.9 cm³/mol. The summed E-state index contributed by atoms with van der Waals surface area (Å²) in [6, 6.07) is 9.93. The quantitative estimate of drug-likeness (QED) is 0.697. The van der Waals surface area contributed by atoms with Crippen LogP contribution in [0.4, 0.5) is 4.39 Å². The molecule has 1 aromatic heterocycles. The lowest BCUT2D eigenvalue weighted by molar-refractivity contribution is 0.386. The van der Waals surface area contributed by atoms with Crippen molar-refractivity contribution in [2.24, 2.45) is 0 Å². The first-order chi connectivity index (χ1) is 10.2. The van der Waals surface area contributed by atoms with Gasteiger partial charge in [-0.3, -0.25) is 0 Å². The molecule has 3 nitrogen and oxygen atoms in total. The first-order valence-corrected chi connectivity index (χ1v) is 6.61. The van der Waals surface area contributed by atoms with Crippen molar-refractivity contribution in [2.45, 2.75) is 0 Å². The summed E-state index contributed by atoms with van der Waals surface area (Å²) in [5.74, 6) is 0.233. The second kappa shape index (κ2) is 5.58. The topological polar surface area (TPSA) is 35.3 Å². The number of hydrogen-bond donors (Lipinski definition) is 0. The molecule has 0 unspecified atom stereocenters. The van der Waals surface area contributed by atoms with E-state index in [0.29, 0.717) is 27.6 Å². The minimum absolute atomic E-state index is 0.212. The van der Waals surface area contributed by atoms with E-state index in [9.17, 15) is 4.39 Å². The zero-order valence-corrected chi connectivity index (χ0v) is 11.9. The summed E-state index contributed by atoms with van der Waals surface area (Å²) in [5, 5.41) is 0.601. The molecule has 5 heteroatoms. The van der Waals surface area contributed by atoms with Gasteiger partial charge in [0.25, 0.3) is 0 Å². The molecule has 0 radical (unpaired) electrons. The molecule has 21 heavy (non-hydrogen) atoms. The molecule has 0 aliphatic carbocycles. The molecule has 2 aromatic carbocycles. The van der Waals surface area contributed by atoms with Gasteiger partial charge >= 0.3 is 0 Å². The van der Waals surface area contributed by atoms with Gasteiger partial charge in [-0.05, 0) is 42.0 Å². The summed E-state index contributed by atoms with van der Waals surface area (Å²) in [4.78, 5) is 4.29. The number of methoxy groups -OCH3 is 1. The molecule has 0 fully saturated rings. The molecular formula is C16H11ClFNO2. The van der Waals surface area contributed by atoms with Crippen molar-refractivity contribution in [1.29, 1.82) is 0 Å². The molecule has 0 atom stereocenters. The maximum atomic E-state index is 13.6. The van der Waals surface area contributed by atoms with E-state index in [0.717, 1.165) is 0 Å². The van der Waals surface area contributed by atoms with Crippen LogP contribution in [0, 0.1) is 5.82 Å². The lowest BCUT2D eigenvalue weighted by Gasteiger charge is -2.01. The third-order valence-electron chi connectivity index (χ3n) is 2.96. The van der Waals surface area contributed by atoms with Gasteiger partial charge in [0.1, 0.15) is 5.52 Å². The Morgan fingerprint density at radius 2 is 2.05 bits per heavy atom. The summed E-state index contributed by atoms with van der Waals surface area (Å²) in [7, 11) is 1.43. The minimum Gasteiger partial charge on any atom is -0.494 e. The van der Waals surface area contributed by atoms with Crippen LogP contribution in [-0.4, -0.2) is 12.1 Å². The van der Waals surface area contributed by atoms with Crippen molar-refractivity contribution in [1.82, 2.24) is 4.98 Å². The Bertz CT molecular complexity index is 826. The summed E-state index contributed by atoms with van der Waals surface area (Å²) >= 11 is 5.89. The van der Waals surface area contributed by atoms with Gasteiger partial charge in [-0.1, -0.05) is 17.7 Å². The Balaban J connectivity index is 1.88. The first kappa shape index (κ1) is 13.6. The maximum Gasteiger partial charge on any atom is 0.220 e. The molecule has 3 rings (SSSR count). The molecule has 0 saturated carbocycles. The molecule has 3 aromatic rings. The Morgan fingerprint density at radius 3 is 2.81 bits per heavy atom. The smallest absolute Gasteiger partial charge is 0.220 e. The van der Waals surface area contributed by atoms with Crippen LogP contribution in [0.15, 0.2) is 40.8 Å². The number of hydrogen-bond acceptors (Lipinski definition) is 3. The summed E-state index contributed by atoms with van der Waals surface area (Å²) in [5.41, 5.74) is 2.02. The van der Waals surface area contributed by atoms with E-state index in [2.05, 4.69) is 4.98 Å². The molecule has 1 heterocycles. The fraction of sp³-hybridized carbons (Fsp3) is 0.0625. The van der Waals surface area contributed by atoms with Crippen molar-refractivity contribution in [3.8, 4) is 5.75 Å². The highest BCUT2D eigenvalue weighted by atomic mass is 35.5. The van der Waals surface area contributed by atoms with Gasteiger partial charge in [-0.15, -0.1) is 0 Å². The van der Waals surface area contributed by atoms with E-state index in [1.165, 1.54) is 13.2 Å². The Morgan fingerprint density at radius 1 is 1.19 bits per heavy atom. The fourth-order valence-corrected chi connectivity index (χ4v) is 2.11. The molecule has 106 valence electrons. The Kier molecular flexibility index (Phi) is 3.62. The van der Waals surface area contributed by atoms with E-state index < -0.39 is 5.82 Å². The van der Waals surface area contributed by atoms with Crippen molar-refractivity contribution >= 4 is 34.9 Å². The normalized spacial score (nSPS) is 11.4. The van der Waals surface area contributed by atoms with Crippen molar-refractivity contribution in [3.05, 3.63) is 58.7 Å². The van der Waals surface area contributed by atoms with E-state index in [1.807, 2.05) is 0 Å². The van der Waals surface area contributed by atoms with E-state index in [1.54, 1.807) is 42.5 Å². The predicted octanol–water partition coefficient (Wildman–Crippen LogP) is 4.80. The van der Waals surface area contributed by atoms with Gasteiger partial charge in [-0.2, -0.15) is 0 Å². The number of oxazole rings is 1. The van der Waals surface area contributed by atoms with Crippen LogP contribution in [0.2, 0.25) is 5.02 Å². The van der Waals surface area contributed by atoms with Crippen LogP contribution in [0.3, 0.4) is 0 Å². The zero-order valence-electron chi connectivity index (χ0n) is 11.1. The van der Waals surface area contributed by atoms with Crippen molar-refractivity contribution in [2.75, 3.05) is 7.11 Å². The highest BCUT2D eigenvalue weighted by Crippen LogP contribution is 2.22. The van der Waals surface area contributed by atoms with Gasteiger partial charge in [0.15, 0.2) is 17.1 Å². The molecule has 0 amide bonds. The highest BCUT2D eigenvalue weighted by Gasteiger charge is 2.04. The number of halogens is 2. The summed E-state index contributed by atoms with van der Waals surface area (Å²) in [6.07, 6.45) is 3.39. The zero-order chi connectivity index (χ0) is 14.8. The number of fused-ring (bicyclic) bond motifs is 1. The Labute approximate surface area is 125 Å². The van der Waals surface area contributed by atoms with Crippen LogP contribution in [0.5, 0.6) is 5.75 Å². The molecule has 0 saturated heterocycles. The van der Waals surface area contributed by atoms with Crippen LogP contribution in [0.1, 0.15) is 11.5 Å². The summed E-state index contributed by atoms with van der Waals surface area (Å²) in [6.45, 7) is 0. The van der Waals surface area contributed by atoms with Crippen molar-refractivity contribution in [3.63, 3.8) is 0 Å². The standard InChI is InChI=1S/C16H11ClFNO2/c1-20-14-5-2-10(8-12(14)18)3-7-16-19-13-9-11(17)4-6-15(13)21-16/h2-9H,1H3/b7-3+. The second-order valence-electron chi connectivity index (χ2n) is 4.39. The van der Waals surface area contributed by atoms with Gasteiger partial charge in [-0.25, -0.2) is 9.37 Å². The molecular weight excluding hydrogens is 293 g/mol. The number of ether oxygens (including phenoxy) is 1. The van der Waals surface area contributed by atoms with Crippen LogP contribution in [0.25, 0.3) is 23.3 Å². The van der Waals surface area contributed by atoms with Crippen LogP contribution < -0.4 is 4.74 Å². The first-order valence-electron chi connectivity index (χ1n) is 6.23. The number of benzene rings is 2. The van der Waals surface area contributed by atoms with E-state index in [-0.39, 0.29) is 5.75 Å². The number of aromatic nitrogens is 1. The average Bonchev–Trinajstić information content (AvgIpc) is 2.87. The molecule has 0 aliphatic heterocycles. The van der Waals surface area contributed by atoms with E-state index in [4.69, 9.17) is 20.8 Å². The van der Waals surface area contributed by atoms with Crippen LogP contribution >= 0.6 is 11.6 Å². The van der Waals surface area contributed by atoms with Gasteiger partial charge in [0.05, 0.1) is 7.11 Å². The van der Waals surface area contributed by atoms with E-state index >= 15 is 0 Å². The largest absolute Gasteiger partial charge is 0.494 e. The SMILES string of the molecule is COc1ccc(/C=C/c2nc3cc(Cl)ccc3o2)cc1F. The highest BCUT2D eigenvalue weighted by molar-refractivity contribution is 6.31. The lowest BCUT2D eigenvalue weighted by Crippen LogP contribution is -1.87. The summed E-state index contributed by atoms with van der Waals surface area (Å²) < 4.78 is 24.0. The maximum absolute atomic E-state index is 13.6. The minimum atomic E-state index is -0.413. The van der Waals surface area contributed by atoms with Gasteiger partial charge in [0.2, 0.25) is 5.89 Å². The molecule has 0 spiro atoms. The number of rotatable bonds is 3. The Hall–Kier alpha value is -2.33. The lowest BCUT2D eigenvalue weighted by atomic mass is 10.2. The van der Waals surface area contributed by atoms with Crippen LogP contribution in [-0.2, 0) is 0 Å². The van der Waals surface area contributed by atoms with Crippen molar-refractivity contribution < 1.29 is 13.5 Å². The second-order valence-corrected chi connectivity index (χ2v) is 4.83. The molecule has 0 aliphatic rings. The monoisotopic (exact) mass is 303 g/mol. The molecule has 0 N–H and O–H groups in total. The van der Waals surface area contributed by atoms with Gasteiger partial charge in [0, 0.05) is 11.1 Å². The third-order valence-corrected chi connectivity index (χ3v) is 3.20. The average molecular weight is 304 g/mol. The third kappa shape index (κ3) is 2.90. The fourth-order valence-electron chi connectivity index (χ4n) is 1.94. The number of nitrogens with zero attached hydrogens (tertiary/aromatic N) is 1. The molecule has 0 bridgehead atoms.